The highest BCUT2D eigenvalue weighted by molar-refractivity contribution is 7.93. The molecule has 1 aliphatic heterocycles. The second-order valence-corrected chi connectivity index (χ2v) is 11.0. The molecule has 32 heavy (non-hydrogen) atoms. The van der Waals surface area contributed by atoms with E-state index in [0.717, 1.165) is 5.56 Å². The largest absolute Gasteiger partial charge is 0.347 e. The number of hydrogen-bond donors (Lipinski definition) is 1. The minimum Gasteiger partial charge on any atom is -0.347 e. The molecule has 2 aliphatic rings. The fourth-order valence-corrected chi connectivity index (χ4v) is 5.92. The van der Waals surface area contributed by atoms with Crippen molar-refractivity contribution in [3.8, 4) is 6.07 Å². The molecule has 2 aromatic rings. The SMILES string of the molecule is CCS(=O)(=O)C1(CN2CCc3c(C(=O)NCc4ccc(C#N)cc4)nn(C)c3C2=O)CC1. The number of aromatic nitrogens is 2. The molecular formula is C22H25N5O4S. The molecule has 10 heteroatoms. The molecule has 1 aromatic heterocycles. The van der Waals surface area contributed by atoms with Gasteiger partial charge in [0, 0.05) is 38.0 Å². The second kappa shape index (κ2) is 8.06. The molecule has 0 bridgehead atoms. The lowest BCUT2D eigenvalue weighted by molar-refractivity contribution is 0.0724. The maximum Gasteiger partial charge on any atom is 0.272 e. The first-order valence-electron chi connectivity index (χ1n) is 10.6. The molecule has 4 rings (SSSR count). The maximum absolute atomic E-state index is 13.1. The van der Waals surface area contributed by atoms with Gasteiger partial charge < -0.3 is 10.2 Å². The maximum atomic E-state index is 13.1. The monoisotopic (exact) mass is 455 g/mol. The molecule has 1 fully saturated rings. The summed E-state index contributed by atoms with van der Waals surface area (Å²) in [5.41, 5.74) is 2.53. The number of hydrogen-bond acceptors (Lipinski definition) is 6. The molecular weight excluding hydrogens is 430 g/mol. The highest BCUT2D eigenvalue weighted by Gasteiger charge is 2.55. The van der Waals surface area contributed by atoms with E-state index in [1.54, 1.807) is 43.1 Å². The van der Waals surface area contributed by atoms with Gasteiger partial charge in [-0.05, 0) is 37.0 Å². The smallest absolute Gasteiger partial charge is 0.272 e. The van der Waals surface area contributed by atoms with Gasteiger partial charge in [-0.1, -0.05) is 19.1 Å². The first-order chi connectivity index (χ1) is 15.2. The Hall–Kier alpha value is -3.19. The third kappa shape index (κ3) is 3.77. The van der Waals surface area contributed by atoms with Gasteiger partial charge in [-0.15, -0.1) is 0 Å². The number of aryl methyl sites for hydroxylation is 1. The van der Waals surface area contributed by atoms with E-state index >= 15 is 0 Å². The number of benzene rings is 1. The highest BCUT2D eigenvalue weighted by atomic mass is 32.2. The minimum absolute atomic E-state index is 0.0650. The molecule has 0 unspecified atom stereocenters. The first-order valence-corrected chi connectivity index (χ1v) is 12.2. The topological polar surface area (TPSA) is 125 Å². The lowest BCUT2D eigenvalue weighted by Crippen LogP contribution is -2.46. The van der Waals surface area contributed by atoms with Crippen molar-refractivity contribution in [2.24, 2.45) is 7.05 Å². The summed E-state index contributed by atoms with van der Waals surface area (Å²) in [5, 5.41) is 16.0. The van der Waals surface area contributed by atoms with E-state index in [0.29, 0.717) is 42.6 Å². The van der Waals surface area contributed by atoms with Crippen molar-refractivity contribution in [1.29, 1.82) is 5.26 Å². The Bertz CT molecular complexity index is 1220. The summed E-state index contributed by atoms with van der Waals surface area (Å²) in [6, 6.07) is 8.96. The van der Waals surface area contributed by atoms with Gasteiger partial charge in [0.1, 0.15) is 5.69 Å². The van der Waals surface area contributed by atoms with Crippen LogP contribution in [0.15, 0.2) is 24.3 Å². The molecule has 0 atom stereocenters. The standard InChI is InChI=1S/C22H25N5O4S/c1-3-32(30,31)22(9-10-22)14-27-11-8-17-18(25-26(2)19(17)21(27)29)20(28)24-13-16-6-4-15(12-23)5-7-16/h4-7H,3,8-11,13-14H2,1-2H3,(H,24,28). The van der Waals surface area contributed by atoms with Gasteiger partial charge in [-0.2, -0.15) is 10.4 Å². The average Bonchev–Trinajstić information content (AvgIpc) is 3.51. The van der Waals surface area contributed by atoms with Gasteiger partial charge in [0.25, 0.3) is 11.8 Å². The van der Waals surface area contributed by atoms with E-state index in [9.17, 15) is 18.0 Å². The predicted molar refractivity (Wildman–Crippen MR) is 117 cm³/mol. The van der Waals surface area contributed by atoms with Crippen molar-refractivity contribution in [1.82, 2.24) is 20.0 Å². The Morgan fingerprint density at radius 3 is 2.56 bits per heavy atom. The van der Waals surface area contributed by atoms with E-state index in [2.05, 4.69) is 10.4 Å². The first kappa shape index (κ1) is 22.0. The Balaban J connectivity index is 1.49. The number of fused-ring (bicyclic) bond motifs is 1. The van der Waals surface area contributed by atoms with Crippen molar-refractivity contribution < 1.29 is 18.0 Å². The van der Waals surface area contributed by atoms with Gasteiger partial charge in [0.2, 0.25) is 0 Å². The van der Waals surface area contributed by atoms with Crippen molar-refractivity contribution >= 4 is 21.7 Å². The highest BCUT2D eigenvalue weighted by Crippen LogP contribution is 2.45. The molecule has 1 aromatic carbocycles. The van der Waals surface area contributed by atoms with Crippen molar-refractivity contribution in [3.05, 3.63) is 52.3 Å². The van der Waals surface area contributed by atoms with Crippen LogP contribution >= 0.6 is 0 Å². The van der Waals surface area contributed by atoms with Gasteiger partial charge in [0.05, 0.1) is 16.4 Å². The summed E-state index contributed by atoms with van der Waals surface area (Å²) in [4.78, 5) is 27.5. The zero-order valence-corrected chi connectivity index (χ0v) is 18.9. The minimum atomic E-state index is -3.24. The number of carbonyl (C=O) groups is 2. The fourth-order valence-electron chi connectivity index (χ4n) is 4.23. The van der Waals surface area contributed by atoms with E-state index in [1.807, 2.05) is 6.07 Å². The van der Waals surface area contributed by atoms with E-state index < -0.39 is 14.6 Å². The van der Waals surface area contributed by atoms with Crippen LogP contribution in [-0.4, -0.2) is 58.5 Å². The van der Waals surface area contributed by atoms with E-state index in [4.69, 9.17) is 5.26 Å². The number of amides is 2. The average molecular weight is 456 g/mol. The van der Waals surface area contributed by atoms with Crippen LogP contribution < -0.4 is 5.32 Å². The van der Waals surface area contributed by atoms with Crippen LogP contribution in [0.4, 0.5) is 0 Å². The van der Waals surface area contributed by atoms with Gasteiger partial charge >= 0.3 is 0 Å². The van der Waals surface area contributed by atoms with Gasteiger partial charge in [-0.3, -0.25) is 14.3 Å². The summed E-state index contributed by atoms with van der Waals surface area (Å²) in [6.07, 6.45) is 1.60. The van der Waals surface area contributed by atoms with Crippen molar-refractivity contribution in [3.63, 3.8) is 0 Å². The summed E-state index contributed by atoms with van der Waals surface area (Å²) in [6.45, 7) is 2.45. The molecule has 2 heterocycles. The normalized spacial score (nSPS) is 16.9. The lowest BCUT2D eigenvalue weighted by Gasteiger charge is -2.30. The van der Waals surface area contributed by atoms with Gasteiger partial charge in [-0.25, -0.2) is 8.42 Å². The zero-order valence-electron chi connectivity index (χ0n) is 18.1. The third-order valence-electron chi connectivity index (χ3n) is 6.34. The van der Waals surface area contributed by atoms with Crippen molar-refractivity contribution in [2.75, 3.05) is 18.8 Å². The Morgan fingerprint density at radius 2 is 1.97 bits per heavy atom. The fraction of sp³-hybridized carbons (Fsp3) is 0.455. The van der Waals surface area contributed by atoms with E-state index in [-0.39, 0.29) is 36.4 Å². The molecule has 1 saturated carbocycles. The third-order valence-corrected chi connectivity index (χ3v) is 8.96. The second-order valence-electron chi connectivity index (χ2n) is 8.35. The number of sulfone groups is 1. The summed E-state index contributed by atoms with van der Waals surface area (Å²) >= 11 is 0. The summed E-state index contributed by atoms with van der Waals surface area (Å²) < 4.78 is 25.5. The number of nitriles is 1. The molecule has 9 nitrogen and oxygen atoms in total. The van der Waals surface area contributed by atoms with Crippen LogP contribution in [0.1, 0.15) is 57.4 Å². The number of nitrogens with zero attached hydrogens (tertiary/aromatic N) is 4. The lowest BCUT2D eigenvalue weighted by atomic mass is 10.0. The molecule has 1 N–H and O–H groups in total. The Labute approximate surface area is 186 Å². The van der Waals surface area contributed by atoms with Crippen LogP contribution in [0.5, 0.6) is 0 Å². The Kier molecular flexibility index (Phi) is 5.54. The molecule has 0 spiro atoms. The Morgan fingerprint density at radius 1 is 1.28 bits per heavy atom. The predicted octanol–water partition coefficient (Wildman–Crippen LogP) is 1.19. The molecule has 0 saturated heterocycles. The number of carbonyl (C=O) groups excluding carboxylic acids is 2. The summed E-state index contributed by atoms with van der Waals surface area (Å²) in [5.74, 6) is -0.597. The molecule has 2 amide bonds. The van der Waals surface area contributed by atoms with Crippen LogP contribution in [0.3, 0.4) is 0 Å². The van der Waals surface area contributed by atoms with Crippen LogP contribution in [-0.2, 0) is 29.9 Å². The molecule has 168 valence electrons. The van der Waals surface area contributed by atoms with Gasteiger partial charge in [0.15, 0.2) is 15.5 Å². The van der Waals surface area contributed by atoms with Crippen LogP contribution in [0.2, 0.25) is 0 Å². The van der Waals surface area contributed by atoms with Crippen LogP contribution in [0.25, 0.3) is 0 Å². The van der Waals surface area contributed by atoms with Crippen LogP contribution in [0, 0.1) is 11.3 Å². The number of nitrogens with one attached hydrogen (secondary N) is 1. The molecule has 1 aliphatic carbocycles. The van der Waals surface area contributed by atoms with E-state index in [1.165, 1.54) is 4.68 Å². The van der Waals surface area contributed by atoms with Crippen molar-refractivity contribution in [2.45, 2.75) is 37.5 Å². The molecule has 0 radical (unpaired) electrons. The zero-order chi connectivity index (χ0) is 23.1. The quantitative estimate of drug-likeness (QED) is 0.668. The number of rotatable bonds is 7. The summed E-state index contributed by atoms with van der Waals surface area (Å²) in [7, 11) is -1.62.